The van der Waals surface area contributed by atoms with E-state index in [9.17, 15) is 4.79 Å². The molecule has 0 radical (unpaired) electrons. The van der Waals surface area contributed by atoms with E-state index >= 15 is 0 Å². The molecule has 0 spiro atoms. The molecule has 0 saturated heterocycles. The molecule has 0 aromatic carbocycles. The maximum Gasteiger partial charge on any atom is 0.151 e. The molecule has 10 heavy (non-hydrogen) atoms. The Balaban J connectivity index is 0. The molecule has 0 aromatic heterocycles. The van der Waals surface area contributed by atoms with Crippen LogP contribution in [0.4, 0.5) is 0 Å². The van der Waals surface area contributed by atoms with Gasteiger partial charge in [0, 0.05) is 1.43 Å². The molecule has 5 heteroatoms. The molecule has 0 aliphatic carbocycles. The van der Waals surface area contributed by atoms with Crippen LogP contribution in [0.5, 0.6) is 0 Å². The van der Waals surface area contributed by atoms with E-state index in [2.05, 4.69) is 0 Å². The largest absolute Gasteiger partial charge is 0.394 e. The van der Waals surface area contributed by atoms with E-state index in [-0.39, 0.29) is 7.71 Å². The Kier molecular flexibility index (Phi) is 4.13. The first-order chi connectivity index (χ1) is 4.63. The molecule has 3 atom stereocenters. The van der Waals surface area contributed by atoms with Gasteiger partial charge in [0.15, 0.2) is 6.29 Å². The summed E-state index contributed by atoms with van der Waals surface area (Å²) < 4.78 is 0. The van der Waals surface area contributed by atoms with Gasteiger partial charge in [0.05, 0.1) is 6.61 Å². The van der Waals surface area contributed by atoms with Crippen LogP contribution in [0, 0.1) is 0 Å². The molecular formula is C5H12O5. The van der Waals surface area contributed by atoms with Crippen molar-refractivity contribution < 1.29 is 26.6 Å². The van der Waals surface area contributed by atoms with E-state index in [1.807, 2.05) is 0 Å². The van der Waals surface area contributed by atoms with Gasteiger partial charge >= 0.3 is 0 Å². The van der Waals surface area contributed by atoms with E-state index in [0.29, 0.717) is 0 Å². The maximum atomic E-state index is 9.76. The monoisotopic (exact) mass is 152 g/mol. The fourth-order valence-electron chi connectivity index (χ4n) is 0.416. The van der Waals surface area contributed by atoms with Gasteiger partial charge in [-0.25, -0.2) is 0 Å². The van der Waals surface area contributed by atoms with Crippen LogP contribution < -0.4 is 0 Å². The summed E-state index contributed by atoms with van der Waals surface area (Å²) in [6.45, 7) is -0.688. The van der Waals surface area contributed by atoms with Crippen molar-refractivity contribution in [3.63, 3.8) is 0 Å². The lowest BCUT2D eigenvalue weighted by molar-refractivity contribution is -0.127. The number of hydrogen-bond donors (Lipinski definition) is 4. The number of aliphatic hydroxyl groups is 4. The summed E-state index contributed by atoms with van der Waals surface area (Å²) in [4.78, 5) is 9.76. The summed E-state index contributed by atoms with van der Waals surface area (Å²) in [5, 5.41) is 34.1. The van der Waals surface area contributed by atoms with Crippen LogP contribution in [0.3, 0.4) is 0 Å². The van der Waals surface area contributed by atoms with E-state index in [0.717, 1.165) is 0 Å². The summed E-state index contributed by atoms with van der Waals surface area (Å²) in [7, 11) is 0. The smallest absolute Gasteiger partial charge is 0.151 e. The quantitative estimate of drug-likeness (QED) is 0.334. The Hall–Kier alpha value is -0.490. The van der Waals surface area contributed by atoms with Gasteiger partial charge in [-0.15, -0.1) is 0 Å². The summed E-state index contributed by atoms with van der Waals surface area (Å²) in [5.74, 6) is 0. The first kappa shape index (κ1) is 9.51. The molecule has 0 aliphatic rings. The molecule has 3 unspecified atom stereocenters. The average Bonchev–Trinajstić information content (AvgIpc) is 2.00. The van der Waals surface area contributed by atoms with Gasteiger partial charge in [0.25, 0.3) is 0 Å². The summed E-state index contributed by atoms with van der Waals surface area (Å²) in [6.07, 6.45) is -4.63. The van der Waals surface area contributed by atoms with Crippen molar-refractivity contribution in [3.8, 4) is 0 Å². The molecule has 0 saturated carbocycles. The minimum absolute atomic E-state index is 0. The van der Waals surface area contributed by atoms with Crippen molar-refractivity contribution in [2.75, 3.05) is 6.61 Å². The molecular weight excluding hydrogens is 140 g/mol. The molecule has 0 rings (SSSR count). The molecule has 62 valence electrons. The Morgan fingerprint density at radius 3 is 2.20 bits per heavy atom. The lowest BCUT2D eigenvalue weighted by atomic mass is 10.1. The molecule has 5 nitrogen and oxygen atoms in total. The predicted octanol–water partition coefficient (Wildman–Crippen LogP) is -2.49. The molecule has 0 amide bonds. The number of carbonyl (C=O) groups is 1. The lowest BCUT2D eigenvalue weighted by Gasteiger charge is -2.16. The van der Waals surface area contributed by atoms with Crippen molar-refractivity contribution >= 4 is 6.29 Å². The fraction of sp³-hybridized carbons (Fsp3) is 0.800. The van der Waals surface area contributed by atoms with Gasteiger partial charge in [-0.2, -0.15) is 0 Å². The molecule has 4 N–H and O–H groups in total. The fourth-order valence-corrected chi connectivity index (χ4v) is 0.416. The Morgan fingerprint density at radius 1 is 1.40 bits per heavy atom. The van der Waals surface area contributed by atoms with E-state index in [1.54, 1.807) is 0 Å². The van der Waals surface area contributed by atoms with Crippen LogP contribution in [0.25, 0.3) is 0 Å². The third kappa shape index (κ3) is 2.40. The van der Waals surface area contributed by atoms with Crippen molar-refractivity contribution in [3.05, 3.63) is 0 Å². The zero-order chi connectivity index (χ0) is 8.15. The maximum absolute atomic E-state index is 9.76. The van der Waals surface area contributed by atoms with Gasteiger partial charge < -0.3 is 25.2 Å². The van der Waals surface area contributed by atoms with E-state index in [4.69, 9.17) is 20.4 Å². The number of rotatable bonds is 4. The van der Waals surface area contributed by atoms with Gasteiger partial charge in [0.1, 0.15) is 18.3 Å². The minimum Gasteiger partial charge on any atom is -0.394 e. The summed E-state index contributed by atoms with van der Waals surface area (Å²) >= 11 is 0. The zero-order valence-electron chi connectivity index (χ0n) is 5.21. The lowest BCUT2D eigenvalue weighted by Crippen LogP contribution is -2.40. The SMILES string of the molecule is O=CC(O)C(O)C(O)CO.[HH]. The normalized spacial score (nSPS) is 19.6. The van der Waals surface area contributed by atoms with Gasteiger partial charge in [0.2, 0.25) is 0 Å². The number of carbonyl (C=O) groups excluding carboxylic acids is 1. The highest BCUT2D eigenvalue weighted by Crippen LogP contribution is 1.96. The zero-order valence-corrected chi connectivity index (χ0v) is 5.21. The minimum atomic E-state index is -1.64. The van der Waals surface area contributed by atoms with Crippen LogP contribution in [0.15, 0.2) is 0 Å². The number of aliphatic hydroxyl groups excluding tert-OH is 4. The third-order valence-corrected chi connectivity index (χ3v) is 1.07. The summed E-state index contributed by atoms with van der Waals surface area (Å²) in [6, 6.07) is 0. The van der Waals surface area contributed by atoms with Crippen LogP contribution in [-0.2, 0) is 4.79 Å². The highest BCUT2D eigenvalue weighted by molar-refractivity contribution is 5.56. The van der Waals surface area contributed by atoms with Crippen molar-refractivity contribution in [1.82, 2.24) is 0 Å². The van der Waals surface area contributed by atoms with Crippen molar-refractivity contribution in [1.29, 1.82) is 0 Å². The highest BCUT2D eigenvalue weighted by Gasteiger charge is 2.22. The standard InChI is InChI=1S/C5H10O5.H2/c6-1-3(8)5(10)4(9)2-7;/h1,3-5,7-10H,2H2;1H. The Labute approximate surface area is 59.0 Å². The second kappa shape index (κ2) is 4.35. The number of aldehydes is 1. The van der Waals surface area contributed by atoms with Gasteiger partial charge in [-0.3, -0.25) is 0 Å². The van der Waals surface area contributed by atoms with Crippen LogP contribution in [0.2, 0.25) is 0 Å². The second-order valence-corrected chi connectivity index (χ2v) is 1.87. The molecule has 0 aliphatic heterocycles. The summed E-state index contributed by atoms with van der Waals surface area (Å²) in [5.41, 5.74) is 0. The Morgan fingerprint density at radius 2 is 1.90 bits per heavy atom. The molecule has 0 aromatic rings. The van der Waals surface area contributed by atoms with E-state index in [1.165, 1.54) is 0 Å². The van der Waals surface area contributed by atoms with E-state index < -0.39 is 24.9 Å². The number of hydrogen-bond acceptors (Lipinski definition) is 5. The highest BCUT2D eigenvalue weighted by atomic mass is 16.4. The predicted molar refractivity (Wildman–Crippen MR) is 33.3 cm³/mol. The van der Waals surface area contributed by atoms with Crippen molar-refractivity contribution in [2.24, 2.45) is 0 Å². The van der Waals surface area contributed by atoms with Crippen LogP contribution in [0.1, 0.15) is 1.43 Å². The molecule has 0 fully saturated rings. The van der Waals surface area contributed by atoms with Crippen LogP contribution in [-0.4, -0.2) is 51.6 Å². The first-order valence-electron chi connectivity index (χ1n) is 2.73. The van der Waals surface area contributed by atoms with Gasteiger partial charge in [-0.1, -0.05) is 0 Å². The molecule has 0 bridgehead atoms. The molecule has 0 heterocycles. The Bertz CT molecular complexity index is 109. The van der Waals surface area contributed by atoms with Gasteiger partial charge in [-0.05, 0) is 0 Å². The third-order valence-electron chi connectivity index (χ3n) is 1.07. The van der Waals surface area contributed by atoms with Crippen LogP contribution >= 0.6 is 0 Å². The topological polar surface area (TPSA) is 98.0 Å². The second-order valence-electron chi connectivity index (χ2n) is 1.87. The van der Waals surface area contributed by atoms with Crippen molar-refractivity contribution in [2.45, 2.75) is 18.3 Å². The first-order valence-corrected chi connectivity index (χ1v) is 2.73. The average molecular weight is 152 g/mol.